The SMILES string of the molecule is C[C@@H]1C2=C(CC[C@@H]2CN(CC2(O)CC2)S(=O)(=O)CC(F)(F)F)Cc2c1cnn2-c1ccc(F)cc1. The lowest BCUT2D eigenvalue weighted by atomic mass is 9.80. The van der Waals surface area contributed by atoms with Crippen molar-refractivity contribution in [1.82, 2.24) is 14.1 Å². The molecule has 1 heterocycles. The maximum absolute atomic E-state index is 13.4. The molecule has 1 saturated carbocycles. The van der Waals surface area contributed by atoms with Crippen LogP contribution in [0.4, 0.5) is 17.6 Å². The molecule has 190 valence electrons. The minimum atomic E-state index is -4.86. The fourth-order valence-corrected chi connectivity index (χ4v) is 6.97. The number of rotatable bonds is 7. The zero-order valence-electron chi connectivity index (χ0n) is 19.2. The Bertz CT molecular complexity index is 1260. The Kier molecular flexibility index (Phi) is 5.88. The van der Waals surface area contributed by atoms with Gasteiger partial charge in [0.05, 0.1) is 23.2 Å². The summed E-state index contributed by atoms with van der Waals surface area (Å²) in [6.45, 7) is 1.61. The zero-order valence-corrected chi connectivity index (χ0v) is 20.0. The molecule has 0 bridgehead atoms. The highest BCUT2D eigenvalue weighted by Gasteiger charge is 2.48. The smallest absolute Gasteiger partial charge is 0.389 e. The molecule has 3 aliphatic rings. The first kappa shape index (κ1) is 24.5. The highest BCUT2D eigenvalue weighted by atomic mass is 32.2. The molecule has 1 aromatic heterocycles. The number of allylic oxidation sites excluding steroid dienone is 1. The molecule has 2 atom stereocenters. The minimum absolute atomic E-state index is 0.0772. The van der Waals surface area contributed by atoms with Crippen molar-refractivity contribution in [2.45, 2.75) is 56.7 Å². The van der Waals surface area contributed by atoms with Gasteiger partial charge in [-0.1, -0.05) is 18.1 Å². The zero-order chi connectivity index (χ0) is 25.2. The Balaban J connectivity index is 1.41. The lowest BCUT2D eigenvalue weighted by Crippen LogP contribution is -2.45. The van der Waals surface area contributed by atoms with Gasteiger partial charge in [0.2, 0.25) is 10.0 Å². The van der Waals surface area contributed by atoms with E-state index in [1.165, 1.54) is 12.1 Å². The van der Waals surface area contributed by atoms with Crippen LogP contribution in [0, 0.1) is 11.7 Å². The van der Waals surface area contributed by atoms with E-state index in [0.717, 1.165) is 38.8 Å². The van der Waals surface area contributed by atoms with Gasteiger partial charge in [-0.3, -0.25) is 0 Å². The fraction of sp³-hybridized carbons (Fsp3) is 0.542. The number of aliphatic hydroxyl groups is 1. The highest BCUT2D eigenvalue weighted by molar-refractivity contribution is 7.89. The fourth-order valence-electron chi connectivity index (χ4n) is 5.53. The van der Waals surface area contributed by atoms with Gasteiger partial charge in [-0.25, -0.2) is 17.5 Å². The molecule has 0 unspecified atom stereocenters. The molecule has 11 heteroatoms. The van der Waals surface area contributed by atoms with E-state index >= 15 is 0 Å². The van der Waals surface area contributed by atoms with E-state index in [0.29, 0.717) is 25.7 Å². The molecule has 2 aromatic rings. The summed E-state index contributed by atoms with van der Waals surface area (Å²) < 4.78 is 80.5. The molecule has 0 saturated heterocycles. The van der Waals surface area contributed by atoms with Crippen molar-refractivity contribution in [3.05, 3.63) is 58.7 Å². The van der Waals surface area contributed by atoms with Gasteiger partial charge in [0, 0.05) is 31.0 Å². The van der Waals surface area contributed by atoms with Crippen LogP contribution in [0.3, 0.4) is 0 Å². The molecule has 0 radical (unpaired) electrons. The van der Waals surface area contributed by atoms with Crippen molar-refractivity contribution in [3.63, 3.8) is 0 Å². The summed E-state index contributed by atoms with van der Waals surface area (Å²) in [5.41, 5.74) is 3.67. The van der Waals surface area contributed by atoms with Crippen LogP contribution in [-0.2, 0) is 16.4 Å². The van der Waals surface area contributed by atoms with E-state index in [4.69, 9.17) is 0 Å². The van der Waals surface area contributed by atoms with Gasteiger partial charge in [0.1, 0.15) is 5.82 Å². The monoisotopic (exact) mass is 513 g/mol. The van der Waals surface area contributed by atoms with E-state index in [1.807, 2.05) is 6.92 Å². The number of alkyl halides is 3. The van der Waals surface area contributed by atoms with Crippen molar-refractivity contribution < 1.29 is 31.1 Å². The average molecular weight is 514 g/mol. The summed E-state index contributed by atoms with van der Waals surface area (Å²) in [4.78, 5) is 0. The third-order valence-corrected chi connectivity index (χ3v) is 9.15. The number of fused-ring (bicyclic) bond motifs is 1. The second-order valence-corrected chi connectivity index (χ2v) is 12.0. The van der Waals surface area contributed by atoms with Crippen molar-refractivity contribution in [2.75, 3.05) is 18.8 Å². The molecule has 0 spiro atoms. The first-order valence-corrected chi connectivity index (χ1v) is 13.3. The maximum Gasteiger partial charge on any atom is 0.404 e. The van der Waals surface area contributed by atoms with Gasteiger partial charge >= 0.3 is 6.18 Å². The second-order valence-electron chi connectivity index (χ2n) is 10.0. The molecule has 0 aliphatic heterocycles. The van der Waals surface area contributed by atoms with Gasteiger partial charge < -0.3 is 5.11 Å². The lowest BCUT2D eigenvalue weighted by Gasteiger charge is -2.32. The van der Waals surface area contributed by atoms with Crippen LogP contribution in [0.15, 0.2) is 41.6 Å². The number of hydrogen-bond acceptors (Lipinski definition) is 4. The number of nitrogens with zero attached hydrogens (tertiary/aromatic N) is 3. The molecule has 5 rings (SSSR count). The van der Waals surface area contributed by atoms with Crippen molar-refractivity contribution >= 4 is 10.0 Å². The standard InChI is InChI=1S/C24H27F4N3O3S/c1-15-20-11-29-31(19-6-4-18(25)5-7-19)21(20)10-16-2-3-17(22(15)16)12-30(13-23(32)8-9-23)35(33,34)14-24(26,27)28/h4-7,11,15,17,32H,2-3,8-10,12-14H2,1H3/t15-,17+/m0/s1. The van der Waals surface area contributed by atoms with Crippen LogP contribution < -0.4 is 0 Å². The van der Waals surface area contributed by atoms with Crippen LogP contribution >= 0.6 is 0 Å². The molecule has 3 aliphatic carbocycles. The van der Waals surface area contributed by atoms with Crippen LogP contribution in [0.1, 0.15) is 49.8 Å². The van der Waals surface area contributed by atoms with E-state index in [2.05, 4.69) is 5.10 Å². The summed E-state index contributed by atoms with van der Waals surface area (Å²) in [5, 5.41) is 14.8. The van der Waals surface area contributed by atoms with Gasteiger partial charge in [-0.15, -0.1) is 0 Å². The first-order chi connectivity index (χ1) is 16.4. The van der Waals surface area contributed by atoms with E-state index in [1.54, 1.807) is 23.0 Å². The van der Waals surface area contributed by atoms with E-state index in [-0.39, 0.29) is 30.7 Å². The van der Waals surface area contributed by atoms with Crippen LogP contribution in [0.2, 0.25) is 0 Å². The molecule has 1 fully saturated rings. The van der Waals surface area contributed by atoms with E-state index in [9.17, 15) is 31.1 Å². The quantitative estimate of drug-likeness (QED) is 0.447. The third kappa shape index (κ3) is 4.90. The normalized spacial score (nSPS) is 23.5. The lowest BCUT2D eigenvalue weighted by molar-refractivity contribution is -0.107. The predicted molar refractivity (Wildman–Crippen MR) is 121 cm³/mol. The number of aromatic nitrogens is 2. The van der Waals surface area contributed by atoms with Crippen LogP contribution in [0.5, 0.6) is 0 Å². The number of sulfonamides is 1. The summed E-state index contributed by atoms with van der Waals surface area (Å²) in [6.07, 6.45) is -0.380. The molecule has 1 aromatic carbocycles. The van der Waals surface area contributed by atoms with Crippen molar-refractivity contribution in [1.29, 1.82) is 0 Å². The van der Waals surface area contributed by atoms with Crippen LogP contribution in [0.25, 0.3) is 5.69 Å². The molecular weight excluding hydrogens is 486 g/mol. The van der Waals surface area contributed by atoms with Gasteiger partial charge in [0.25, 0.3) is 0 Å². The predicted octanol–water partition coefficient (Wildman–Crippen LogP) is 4.10. The largest absolute Gasteiger partial charge is 0.404 e. The topological polar surface area (TPSA) is 75.4 Å². The van der Waals surface area contributed by atoms with Gasteiger partial charge in [-0.2, -0.15) is 22.6 Å². The summed E-state index contributed by atoms with van der Waals surface area (Å²) in [6, 6.07) is 6.05. The van der Waals surface area contributed by atoms with Crippen molar-refractivity contribution in [3.8, 4) is 5.69 Å². The molecule has 1 N–H and O–H groups in total. The summed E-state index contributed by atoms with van der Waals surface area (Å²) in [7, 11) is -4.63. The maximum atomic E-state index is 13.4. The molecule has 6 nitrogen and oxygen atoms in total. The average Bonchev–Trinajstić information content (AvgIpc) is 3.15. The number of benzene rings is 1. The Morgan fingerprint density at radius 1 is 1.23 bits per heavy atom. The summed E-state index contributed by atoms with van der Waals surface area (Å²) >= 11 is 0. The van der Waals surface area contributed by atoms with E-state index < -0.39 is 27.6 Å². The Morgan fingerprint density at radius 3 is 2.54 bits per heavy atom. The molecule has 0 amide bonds. The number of hydrogen-bond donors (Lipinski definition) is 1. The number of halogens is 4. The first-order valence-electron chi connectivity index (χ1n) is 11.7. The van der Waals surface area contributed by atoms with Gasteiger partial charge in [-0.05, 0) is 55.9 Å². The third-order valence-electron chi connectivity index (χ3n) is 7.39. The Morgan fingerprint density at radius 2 is 1.91 bits per heavy atom. The Hall–Kier alpha value is -2.24. The van der Waals surface area contributed by atoms with Crippen molar-refractivity contribution in [2.24, 2.45) is 5.92 Å². The summed E-state index contributed by atoms with van der Waals surface area (Å²) in [5.74, 6) is -2.58. The van der Waals surface area contributed by atoms with Crippen LogP contribution in [-0.4, -0.2) is 58.2 Å². The Labute approximate surface area is 201 Å². The van der Waals surface area contributed by atoms with Gasteiger partial charge in [0.15, 0.2) is 5.75 Å². The second kappa shape index (κ2) is 8.41. The highest BCUT2D eigenvalue weighted by Crippen LogP contribution is 2.48. The molecular formula is C24H27F4N3O3S. The minimum Gasteiger partial charge on any atom is -0.389 e. The molecule has 35 heavy (non-hydrogen) atoms.